The highest BCUT2D eigenvalue weighted by Crippen LogP contribution is 2.29. The van der Waals surface area contributed by atoms with Crippen LogP contribution in [-0.2, 0) is 12.8 Å². The molecule has 0 radical (unpaired) electrons. The van der Waals surface area contributed by atoms with Crippen molar-refractivity contribution in [3.8, 4) is 5.75 Å². The summed E-state index contributed by atoms with van der Waals surface area (Å²) >= 11 is 0. The van der Waals surface area contributed by atoms with Crippen LogP contribution in [0.2, 0.25) is 0 Å². The second kappa shape index (κ2) is 5.68. The molecule has 108 valence electrons. The van der Waals surface area contributed by atoms with E-state index in [2.05, 4.69) is 12.1 Å². The average molecular weight is 284 g/mol. The maximum atomic E-state index is 13.4. The van der Waals surface area contributed by atoms with E-state index in [-0.39, 0.29) is 17.5 Å². The van der Waals surface area contributed by atoms with Crippen LogP contribution in [0, 0.1) is 11.7 Å². The maximum absolute atomic E-state index is 13.4. The number of ketones is 1. The number of fused-ring (bicyclic) bond motifs is 1. The third-order valence-corrected chi connectivity index (χ3v) is 4.15. The summed E-state index contributed by atoms with van der Waals surface area (Å²) in [5.74, 6) is -0.280. The quantitative estimate of drug-likeness (QED) is 0.801. The van der Waals surface area contributed by atoms with Crippen LogP contribution < -0.4 is 4.74 Å². The molecule has 2 nitrogen and oxygen atoms in total. The minimum Gasteiger partial charge on any atom is -0.494 e. The predicted molar refractivity (Wildman–Crippen MR) is 79.2 cm³/mol. The van der Waals surface area contributed by atoms with Crippen LogP contribution in [0.4, 0.5) is 4.39 Å². The molecule has 1 aliphatic rings. The van der Waals surface area contributed by atoms with Crippen molar-refractivity contribution in [1.29, 1.82) is 0 Å². The zero-order valence-electron chi connectivity index (χ0n) is 11.9. The first-order valence-electron chi connectivity index (χ1n) is 7.13. The van der Waals surface area contributed by atoms with Crippen molar-refractivity contribution in [3.05, 3.63) is 65.0 Å². The average Bonchev–Trinajstić information content (AvgIpc) is 2.54. The third kappa shape index (κ3) is 2.68. The van der Waals surface area contributed by atoms with E-state index in [0.29, 0.717) is 5.56 Å². The first kappa shape index (κ1) is 13.8. The summed E-state index contributed by atoms with van der Waals surface area (Å²) in [7, 11) is 1.41. The molecule has 0 fully saturated rings. The summed E-state index contributed by atoms with van der Waals surface area (Å²) < 4.78 is 18.4. The summed E-state index contributed by atoms with van der Waals surface area (Å²) in [6.45, 7) is 0. The lowest BCUT2D eigenvalue weighted by Crippen LogP contribution is -2.22. The van der Waals surface area contributed by atoms with E-state index in [4.69, 9.17) is 4.74 Å². The molecule has 2 aromatic rings. The molecule has 0 saturated carbocycles. The molecular weight excluding hydrogens is 267 g/mol. The molecule has 21 heavy (non-hydrogen) atoms. The van der Waals surface area contributed by atoms with Gasteiger partial charge in [-0.25, -0.2) is 4.39 Å². The molecule has 0 N–H and O–H groups in total. The van der Waals surface area contributed by atoms with Crippen LogP contribution in [0.15, 0.2) is 42.5 Å². The van der Waals surface area contributed by atoms with Crippen LogP contribution in [0.5, 0.6) is 5.75 Å². The predicted octanol–water partition coefficient (Wildman–Crippen LogP) is 3.82. The lowest BCUT2D eigenvalue weighted by atomic mass is 9.80. The first-order valence-corrected chi connectivity index (χ1v) is 7.13. The Morgan fingerprint density at radius 1 is 1.19 bits per heavy atom. The van der Waals surface area contributed by atoms with Gasteiger partial charge in [-0.15, -0.1) is 0 Å². The smallest absolute Gasteiger partial charge is 0.166 e. The van der Waals surface area contributed by atoms with Gasteiger partial charge in [-0.3, -0.25) is 4.79 Å². The lowest BCUT2D eigenvalue weighted by molar-refractivity contribution is 0.0908. The van der Waals surface area contributed by atoms with Gasteiger partial charge in [-0.05, 0) is 48.6 Å². The Morgan fingerprint density at radius 3 is 2.71 bits per heavy atom. The van der Waals surface area contributed by atoms with Crippen molar-refractivity contribution in [2.45, 2.75) is 19.3 Å². The van der Waals surface area contributed by atoms with Crippen molar-refractivity contribution >= 4 is 5.78 Å². The fourth-order valence-electron chi connectivity index (χ4n) is 2.97. The molecule has 2 aromatic carbocycles. The van der Waals surface area contributed by atoms with Crippen molar-refractivity contribution in [2.24, 2.45) is 5.92 Å². The number of hydrogen-bond donors (Lipinski definition) is 0. The second-order valence-corrected chi connectivity index (χ2v) is 5.42. The Kier molecular flexibility index (Phi) is 3.74. The SMILES string of the molecule is COc1cc(C(=O)C2CCc3ccccc3C2)ccc1F. The number of hydrogen-bond acceptors (Lipinski definition) is 2. The fourth-order valence-corrected chi connectivity index (χ4v) is 2.97. The monoisotopic (exact) mass is 284 g/mol. The van der Waals surface area contributed by atoms with Gasteiger partial charge >= 0.3 is 0 Å². The number of aryl methyl sites for hydroxylation is 1. The topological polar surface area (TPSA) is 26.3 Å². The number of ether oxygens (including phenoxy) is 1. The summed E-state index contributed by atoms with van der Waals surface area (Å²) in [4.78, 5) is 12.6. The normalized spacial score (nSPS) is 17.1. The van der Waals surface area contributed by atoms with E-state index < -0.39 is 5.82 Å². The Balaban J connectivity index is 1.84. The van der Waals surface area contributed by atoms with Crippen molar-refractivity contribution in [3.63, 3.8) is 0 Å². The van der Waals surface area contributed by atoms with E-state index in [1.54, 1.807) is 6.07 Å². The fraction of sp³-hybridized carbons (Fsp3) is 0.278. The summed E-state index contributed by atoms with van der Waals surface area (Å²) in [6.07, 6.45) is 2.52. The third-order valence-electron chi connectivity index (χ3n) is 4.15. The zero-order valence-corrected chi connectivity index (χ0v) is 11.9. The van der Waals surface area contributed by atoms with E-state index in [1.807, 2.05) is 12.1 Å². The molecule has 0 amide bonds. The van der Waals surface area contributed by atoms with Gasteiger partial charge < -0.3 is 4.74 Å². The Hall–Kier alpha value is -2.16. The molecule has 0 aliphatic heterocycles. The van der Waals surface area contributed by atoms with Gasteiger partial charge in [0, 0.05) is 11.5 Å². The second-order valence-electron chi connectivity index (χ2n) is 5.42. The van der Waals surface area contributed by atoms with Crippen LogP contribution >= 0.6 is 0 Å². The number of methoxy groups -OCH3 is 1. The zero-order chi connectivity index (χ0) is 14.8. The number of rotatable bonds is 3. The highest BCUT2D eigenvalue weighted by atomic mass is 19.1. The Labute approximate surface area is 123 Å². The van der Waals surface area contributed by atoms with E-state index in [1.165, 1.54) is 30.4 Å². The van der Waals surface area contributed by atoms with E-state index in [0.717, 1.165) is 19.3 Å². The Bertz CT molecular complexity index is 679. The van der Waals surface area contributed by atoms with Crippen LogP contribution in [-0.4, -0.2) is 12.9 Å². The Morgan fingerprint density at radius 2 is 1.95 bits per heavy atom. The molecule has 1 atom stereocenters. The highest BCUT2D eigenvalue weighted by Gasteiger charge is 2.25. The minimum absolute atomic E-state index is 0.0323. The number of carbonyl (C=O) groups excluding carboxylic acids is 1. The van der Waals surface area contributed by atoms with Gasteiger partial charge in [0.15, 0.2) is 17.3 Å². The lowest BCUT2D eigenvalue weighted by Gasteiger charge is -2.23. The van der Waals surface area contributed by atoms with Gasteiger partial charge in [0.1, 0.15) is 0 Å². The van der Waals surface area contributed by atoms with Gasteiger partial charge in [0.2, 0.25) is 0 Å². The molecule has 3 heteroatoms. The minimum atomic E-state index is -0.442. The van der Waals surface area contributed by atoms with Gasteiger partial charge in [-0.1, -0.05) is 24.3 Å². The van der Waals surface area contributed by atoms with E-state index >= 15 is 0 Å². The summed E-state index contributed by atoms with van der Waals surface area (Å²) in [5, 5.41) is 0. The summed E-state index contributed by atoms with van der Waals surface area (Å²) in [6, 6.07) is 12.6. The maximum Gasteiger partial charge on any atom is 0.166 e. The number of Topliss-reactive ketones (excluding diaryl/α,β-unsaturated/α-hetero) is 1. The first-order chi connectivity index (χ1) is 10.2. The molecule has 0 aromatic heterocycles. The number of carbonyl (C=O) groups is 1. The van der Waals surface area contributed by atoms with Crippen LogP contribution in [0.25, 0.3) is 0 Å². The molecule has 1 aliphatic carbocycles. The van der Waals surface area contributed by atoms with Crippen LogP contribution in [0.1, 0.15) is 27.9 Å². The van der Waals surface area contributed by atoms with Gasteiger partial charge in [-0.2, -0.15) is 0 Å². The van der Waals surface area contributed by atoms with Crippen LogP contribution in [0.3, 0.4) is 0 Å². The standard InChI is InChI=1S/C18H17FO2/c1-21-17-11-15(8-9-16(17)19)18(20)14-7-6-12-4-2-3-5-13(12)10-14/h2-5,8-9,11,14H,6-7,10H2,1H3. The van der Waals surface area contributed by atoms with E-state index in [9.17, 15) is 9.18 Å². The highest BCUT2D eigenvalue weighted by molar-refractivity contribution is 5.98. The van der Waals surface area contributed by atoms with Crippen molar-refractivity contribution < 1.29 is 13.9 Å². The molecule has 0 bridgehead atoms. The molecule has 1 unspecified atom stereocenters. The molecule has 0 spiro atoms. The number of halogens is 1. The molecular formula is C18H17FO2. The van der Waals surface area contributed by atoms with Crippen molar-refractivity contribution in [1.82, 2.24) is 0 Å². The van der Waals surface area contributed by atoms with Gasteiger partial charge in [0.25, 0.3) is 0 Å². The molecule has 3 rings (SSSR count). The number of benzene rings is 2. The van der Waals surface area contributed by atoms with Crippen molar-refractivity contribution in [2.75, 3.05) is 7.11 Å². The largest absolute Gasteiger partial charge is 0.494 e. The van der Waals surface area contributed by atoms with Gasteiger partial charge in [0.05, 0.1) is 7.11 Å². The molecule has 0 saturated heterocycles. The molecule has 0 heterocycles. The summed E-state index contributed by atoms with van der Waals surface area (Å²) in [5.41, 5.74) is 3.10.